The van der Waals surface area contributed by atoms with Gasteiger partial charge >= 0.3 is 0 Å². The van der Waals surface area contributed by atoms with Crippen molar-refractivity contribution in [1.29, 1.82) is 0 Å². The number of nitrogens with zero attached hydrogens (tertiary/aromatic N) is 2. The Labute approximate surface area is 104 Å². The highest BCUT2D eigenvalue weighted by atomic mass is 32.1. The van der Waals surface area contributed by atoms with Crippen molar-refractivity contribution < 1.29 is 9.26 Å². The van der Waals surface area contributed by atoms with Crippen LogP contribution in [0, 0.1) is 0 Å². The number of aromatic nitrogens is 2. The van der Waals surface area contributed by atoms with Gasteiger partial charge in [-0.3, -0.25) is 0 Å². The summed E-state index contributed by atoms with van der Waals surface area (Å²) in [5.41, 5.74) is 0. The van der Waals surface area contributed by atoms with Gasteiger partial charge in [-0.25, -0.2) is 0 Å². The summed E-state index contributed by atoms with van der Waals surface area (Å²) in [5.74, 6) is 1.93. The summed E-state index contributed by atoms with van der Waals surface area (Å²) in [4.78, 5) is 5.19. The van der Waals surface area contributed by atoms with E-state index in [1.54, 1.807) is 7.11 Å². The van der Waals surface area contributed by atoms with Crippen molar-refractivity contribution >= 4 is 11.3 Å². The van der Waals surface area contributed by atoms with Gasteiger partial charge in [0.1, 0.15) is 10.6 Å². The fourth-order valence-corrected chi connectivity index (χ4v) is 2.11. The molecule has 0 aliphatic rings. The Kier molecular flexibility index (Phi) is 3.75. The molecule has 0 bridgehead atoms. The average Bonchev–Trinajstić information content (AvgIpc) is 2.94. The normalized spacial score (nSPS) is 11.1. The topological polar surface area (TPSA) is 60.2 Å². The van der Waals surface area contributed by atoms with Gasteiger partial charge in [0.15, 0.2) is 5.82 Å². The molecule has 0 atom stereocenters. The highest BCUT2D eigenvalue weighted by Gasteiger charge is 2.14. The summed E-state index contributed by atoms with van der Waals surface area (Å²) in [6, 6.07) is 2.28. The molecule has 0 aromatic carbocycles. The molecule has 5 nitrogen and oxygen atoms in total. The molecular formula is C11H15N3O2S. The smallest absolute Gasteiger partial charge is 0.271 e. The van der Waals surface area contributed by atoms with Crippen LogP contribution in [0.4, 0.5) is 0 Å². The number of hydrogen-bond acceptors (Lipinski definition) is 6. The van der Waals surface area contributed by atoms with Crippen molar-refractivity contribution in [3.05, 3.63) is 17.3 Å². The first-order chi connectivity index (χ1) is 8.20. The van der Waals surface area contributed by atoms with Crippen LogP contribution < -0.4 is 10.1 Å². The number of thiophene rings is 1. The maximum absolute atomic E-state index is 5.21. The second-order valence-corrected chi connectivity index (χ2v) is 4.79. The standard InChI is InChI=1S/C11H15N3O2S/c1-7(2)12-6-9-13-11(16-14-9)10-8(15-3)4-5-17-10/h4-5,7,12H,6H2,1-3H3. The Morgan fingerprint density at radius 1 is 1.53 bits per heavy atom. The van der Waals surface area contributed by atoms with Crippen molar-refractivity contribution in [1.82, 2.24) is 15.5 Å². The summed E-state index contributed by atoms with van der Waals surface area (Å²) in [5, 5.41) is 9.09. The van der Waals surface area contributed by atoms with E-state index in [2.05, 4.69) is 29.3 Å². The Morgan fingerprint density at radius 2 is 2.35 bits per heavy atom. The maximum Gasteiger partial charge on any atom is 0.271 e. The first-order valence-corrected chi connectivity index (χ1v) is 6.26. The van der Waals surface area contributed by atoms with Crippen LogP contribution in [0.25, 0.3) is 10.8 Å². The number of rotatable bonds is 5. The lowest BCUT2D eigenvalue weighted by Gasteiger charge is -2.03. The van der Waals surface area contributed by atoms with Crippen LogP contribution in [0.15, 0.2) is 16.0 Å². The van der Waals surface area contributed by atoms with Crippen molar-refractivity contribution in [2.24, 2.45) is 0 Å². The largest absolute Gasteiger partial charge is 0.495 e. The monoisotopic (exact) mass is 253 g/mol. The van der Waals surface area contributed by atoms with Crippen LogP contribution in [0.1, 0.15) is 19.7 Å². The molecule has 2 rings (SSSR count). The summed E-state index contributed by atoms with van der Waals surface area (Å²) in [6.07, 6.45) is 0. The predicted molar refractivity (Wildman–Crippen MR) is 66.1 cm³/mol. The van der Waals surface area contributed by atoms with Gasteiger partial charge in [-0.05, 0) is 11.4 Å². The van der Waals surface area contributed by atoms with E-state index in [4.69, 9.17) is 9.26 Å². The van der Waals surface area contributed by atoms with Gasteiger partial charge in [-0.2, -0.15) is 4.98 Å². The van der Waals surface area contributed by atoms with E-state index in [9.17, 15) is 0 Å². The van der Waals surface area contributed by atoms with E-state index in [-0.39, 0.29) is 0 Å². The molecule has 1 N–H and O–H groups in total. The van der Waals surface area contributed by atoms with E-state index >= 15 is 0 Å². The molecule has 0 aliphatic heterocycles. The first kappa shape index (κ1) is 12.1. The Morgan fingerprint density at radius 3 is 3.06 bits per heavy atom. The zero-order chi connectivity index (χ0) is 12.3. The lowest BCUT2D eigenvalue weighted by Crippen LogP contribution is -2.22. The number of methoxy groups -OCH3 is 1. The maximum atomic E-state index is 5.21. The summed E-state index contributed by atoms with van der Waals surface area (Å²) in [7, 11) is 1.63. The van der Waals surface area contributed by atoms with Crippen LogP contribution in [-0.4, -0.2) is 23.3 Å². The molecule has 0 amide bonds. The van der Waals surface area contributed by atoms with Gasteiger partial charge in [0.25, 0.3) is 5.89 Å². The third-order valence-corrected chi connectivity index (χ3v) is 3.06. The SMILES string of the molecule is COc1ccsc1-c1nc(CNC(C)C)no1. The van der Waals surface area contributed by atoms with E-state index in [0.29, 0.717) is 24.3 Å². The molecule has 0 unspecified atom stereocenters. The van der Waals surface area contributed by atoms with Gasteiger partial charge in [0, 0.05) is 6.04 Å². The third-order valence-electron chi connectivity index (χ3n) is 2.18. The first-order valence-electron chi connectivity index (χ1n) is 5.38. The van der Waals surface area contributed by atoms with Crippen LogP contribution in [0.3, 0.4) is 0 Å². The molecule has 2 heterocycles. The van der Waals surface area contributed by atoms with E-state index in [1.807, 2.05) is 11.4 Å². The summed E-state index contributed by atoms with van der Waals surface area (Å²) in [6.45, 7) is 4.75. The molecule has 17 heavy (non-hydrogen) atoms. The van der Waals surface area contributed by atoms with Crippen molar-refractivity contribution in [2.45, 2.75) is 26.4 Å². The molecule has 0 fully saturated rings. The quantitative estimate of drug-likeness (QED) is 0.886. The molecule has 0 saturated carbocycles. The molecule has 0 saturated heterocycles. The highest BCUT2D eigenvalue weighted by molar-refractivity contribution is 7.13. The fraction of sp³-hybridized carbons (Fsp3) is 0.455. The van der Waals surface area contributed by atoms with Gasteiger partial charge in [0.05, 0.1) is 13.7 Å². The van der Waals surface area contributed by atoms with Gasteiger partial charge in [0.2, 0.25) is 0 Å². The van der Waals surface area contributed by atoms with E-state index < -0.39 is 0 Å². The molecule has 0 aliphatic carbocycles. The average molecular weight is 253 g/mol. The minimum absolute atomic E-state index is 0.397. The molecule has 92 valence electrons. The number of nitrogens with one attached hydrogen (secondary N) is 1. The predicted octanol–water partition coefficient (Wildman–Crippen LogP) is 2.30. The van der Waals surface area contributed by atoms with Gasteiger partial charge < -0.3 is 14.6 Å². The highest BCUT2D eigenvalue weighted by Crippen LogP contribution is 2.33. The zero-order valence-corrected chi connectivity index (χ0v) is 10.9. The third kappa shape index (κ3) is 2.83. The Bertz CT molecular complexity index is 479. The molecule has 6 heteroatoms. The molecule has 2 aromatic rings. The lowest BCUT2D eigenvalue weighted by molar-refractivity contribution is 0.403. The fourth-order valence-electron chi connectivity index (χ4n) is 1.33. The minimum atomic E-state index is 0.397. The zero-order valence-electron chi connectivity index (χ0n) is 10.1. The molecular weight excluding hydrogens is 238 g/mol. The van der Waals surface area contributed by atoms with Crippen LogP contribution in [0.2, 0.25) is 0 Å². The van der Waals surface area contributed by atoms with Crippen molar-refractivity contribution in [2.75, 3.05) is 7.11 Å². The van der Waals surface area contributed by atoms with Gasteiger partial charge in [-0.15, -0.1) is 11.3 Å². The number of hydrogen-bond donors (Lipinski definition) is 1. The Hall–Kier alpha value is -1.40. The van der Waals surface area contributed by atoms with Crippen molar-refractivity contribution in [3.63, 3.8) is 0 Å². The lowest BCUT2D eigenvalue weighted by atomic mass is 10.4. The van der Waals surface area contributed by atoms with Crippen LogP contribution in [0.5, 0.6) is 5.75 Å². The van der Waals surface area contributed by atoms with Crippen LogP contribution in [-0.2, 0) is 6.54 Å². The Balaban J connectivity index is 2.12. The van der Waals surface area contributed by atoms with E-state index in [1.165, 1.54) is 11.3 Å². The second kappa shape index (κ2) is 5.29. The molecule has 2 aromatic heterocycles. The number of ether oxygens (including phenoxy) is 1. The van der Waals surface area contributed by atoms with Crippen LogP contribution >= 0.6 is 11.3 Å². The summed E-state index contributed by atoms with van der Waals surface area (Å²) >= 11 is 1.52. The van der Waals surface area contributed by atoms with Crippen molar-refractivity contribution in [3.8, 4) is 16.5 Å². The molecule has 0 radical (unpaired) electrons. The van der Waals surface area contributed by atoms with Gasteiger partial charge in [-0.1, -0.05) is 19.0 Å². The summed E-state index contributed by atoms with van der Waals surface area (Å²) < 4.78 is 10.4. The molecule has 0 spiro atoms. The second-order valence-electron chi connectivity index (χ2n) is 3.87. The minimum Gasteiger partial charge on any atom is -0.495 e. The van der Waals surface area contributed by atoms with E-state index in [0.717, 1.165) is 10.6 Å².